The van der Waals surface area contributed by atoms with Crippen LogP contribution in [-0.4, -0.2) is 56.2 Å². The Balaban J connectivity index is 1.35. The lowest BCUT2D eigenvalue weighted by Gasteiger charge is -2.14. The van der Waals surface area contributed by atoms with Crippen LogP contribution in [0.2, 0.25) is 0 Å². The quantitative estimate of drug-likeness (QED) is 0.329. The van der Waals surface area contributed by atoms with E-state index in [2.05, 4.69) is 30.8 Å². The number of pyridine rings is 1. The predicted molar refractivity (Wildman–Crippen MR) is 141 cm³/mol. The van der Waals surface area contributed by atoms with E-state index in [-0.39, 0.29) is 11.8 Å². The number of ether oxygens (including phenoxy) is 1. The molecule has 1 aromatic carbocycles. The minimum atomic E-state index is -0.528. The summed E-state index contributed by atoms with van der Waals surface area (Å²) in [6.07, 6.45) is 5.88. The molecular formula is C25H25N7O3S2. The number of nitrogens with one attached hydrogen (secondary N) is 2. The molecule has 1 atom stereocenters. The maximum absolute atomic E-state index is 12.7. The number of hydrogen-bond acceptors (Lipinski definition) is 9. The van der Waals surface area contributed by atoms with E-state index >= 15 is 0 Å². The molecular weight excluding hydrogens is 510 g/mol. The van der Waals surface area contributed by atoms with Gasteiger partial charge in [0, 0.05) is 29.9 Å². The van der Waals surface area contributed by atoms with Crippen molar-refractivity contribution in [1.29, 1.82) is 0 Å². The van der Waals surface area contributed by atoms with Crippen LogP contribution in [0.15, 0.2) is 59.3 Å². The molecule has 1 saturated heterocycles. The first-order valence-corrected chi connectivity index (χ1v) is 13.7. The average molecular weight is 536 g/mol. The molecule has 10 nitrogen and oxygen atoms in total. The summed E-state index contributed by atoms with van der Waals surface area (Å²) in [5, 5.41) is 17.7. The van der Waals surface area contributed by atoms with Gasteiger partial charge < -0.3 is 15.4 Å². The normalized spacial score (nSPS) is 15.6. The van der Waals surface area contributed by atoms with Crippen LogP contribution in [0.1, 0.15) is 34.8 Å². The fourth-order valence-electron chi connectivity index (χ4n) is 3.99. The summed E-state index contributed by atoms with van der Waals surface area (Å²) >= 11 is 2.85. The van der Waals surface area contributed by atoms with Crippen molar-refractivity contribution in [3.05, 3.63) is 64.9 Å². The monoisotopic (exact) mass is 535 g/mol. The Labute approximate surface area is 221 Å². The highest BCUT2D eigenvalue weighted by atomic mass is 32.2. The molecule has 1 unspecified atom stereocenters. The van der Waals surface area contributed by atoms with Gasteiger partial charge in [0.25, 0.3) is 5.91 Å². The molecule has 0 aliphatic carbocycles. The fraction of sp³-hybridized carbons (Fsp3) is 0.280. The lowest BCUT2D eigenvalue weighted by Crippen LogP contribution is -2.45. The van der Waals surface area contributed by atoms with Crippen LogP contribution in [0.5, 0.6) is 5.75 Å². The lowest BCUT2D eigenvalue weighted by atomic mass is 10.1. The van der Waals surface area contributed by atoms with Gasteiger partial charge >= 0.3 is 0 Å². The van der Waals surface area contributed by atoms with Gasteiger partial charge in [-0.2, -0.15) is 0 Å². The van der Waals surface area contributed by atoms with Gasteiger partial charge in [-0.05, 0) is 43.5 Å². The standard InChI is InChI=1S/C25H25N7O3S2/c1-35-20-10-3-2-9-19(20)32-22(16-7-6-11-26-13-16)30-31-25(32)37-15-21-28-18(14-36-21)24(34)29-17-8-4-5-12-27-23(17)33/h2-3,6-7,9-11,13-14,17H,4-5,8,12,15H2,1H3,(H,27,33)(H,29,34). The van der Waals surface area contributed by atoms with Crippen LogP contribution in [0.25, 0.3) is 17.1 Å². The Hall–Kier alpha value is -3.77. The SMILES string of the molecule is COc1ccccc1-n1c(SCc2nc(C(=O)NC3CCCCNC3=O)cs2)nnc1-c1cccnc1. The Morgan fingerprint density at radius 3 is 2.97 bits per heavy atom. The Morgan fingerprint density at radius 1 is 1.24 bits per heavy atom. The minimum absolute atomic E-state index is 0.142. The van der Waals surface area contributed by atoms with Crippen LogP contribution in [0.4, 0.5) is 0 Å². The maximum Gasteiger partial charge on any atom is 0.271 e. The van der Waals surface area contributed by atoms with Crippen LogP contribution >= 0.6 is 23.1 Å². The molecule has 1 aliphatic heterocycles. The van der Waals surface area contributed by atoms with Crippen molar-refractivity contribution in [1.82, 2.24) is 35.4 Å². The zero-order chi connectivity index (χ0) is 25.6. The van der Waals surface area contributed by atoms with E-state index in [1.807, 2.05) is 41.0 Å². The van der Waals surface area contributed by atoms with Crippen molar-refractivity contribution < 1.29 is 14.3 Å². The van der Waals surface area contributed by atoms with Crippen molar-refractivity contribution in [2.75, 3.05) is 13.7 Å². The highest BCUT2D eigenvalue weighted by Gasteiger charge is 2.24. The van der Waals surface area contributed by atoms with Gasteiger partial charge in [-0.3, -0.25) is 19.1 Å². The van der Waals surface area contributed by atoms with E-state index in [1.54, 1.807) is 24.9 Å². The molecule has 0 saturated carbocycles. The number of carbonyl (C=O) groups is 2. The first-order chi connectivity index (χ1) is 18.1. The van der Waals surface area contributed by atoms with Gasteiger partial charge in [0.2, 0.25) is 5.91 Å². The second-order valence-electron chi connectivity index (χ2n) is 8.28. The van der Waals surface area contributed by atoms with Gasteiger partial charge in [0.05, 0.1) is 18.6 Å². The number of carbonyl (C=O) groups excluding carboxylic acids is 2. The summed E-state index contributed by atoms with van der Waals surface area (Å²) in [5.41, 5.74) is 1.93. The predicted octanol–water partition coefficient (Wildman–Crippen LogP) is 3.49. The summed E-state index contributed by atoms with van der Waals surface area (Å²) in [5.74, 6) is 1.33. The topological polar surface area (TPSA) is 124 Å². The Bertz CT molecular complexity index is 1390. The molecule has 2 N–H and O–H groups in total. The van der Waals surface area contributed by atoms with E-state index in [0.29, 0.717) is 41.1 Å². The molecule has 5 rings (SSSR count). The first kappa shape index (κ1) is 24.9. The van der Waals surface area contributed by atoms with Crippen molar-refractivity contribution in [3.63, 3.8) is 0 Å². The lowest BCUT2D eigenvalue weighted by molar-refractivity contribution is -0.122. The zero-order valence-corrected chi connectivity index (χ0v) is 21.7. The van der Waals surface area contributed by atoms with Gasteiger partial charge in [-0.1, -0.05) is 23.9 Å². The molecule has 1 fully saturated rings. The summed E-state index contributed by atoms with van der Waals surface area (Å²) in [4.78, 5) is 33.6. The van der Waals surface area contributed by atoms with Crippen LogP contribution < -0.4 is 15.4 Å². The molecule has 0 radical (unpaired) electrons. The highest BCUT2D eigenvalue weighted by Crippen LogP contribution is 2.33. The number of nitrogens with zero attached hydrogens (tertiary/aromatic N) is 5. The third-order valence-electron chi connectivity index (χ3n) is 5.83. The van der Waals surface area contributed by atoms with Crippen molar-refractivity contribution >= 4 is 34.9 Å². The largest absolute Gasteiger partial charge is 0.495 e. The zero-order valence-electron chi connectivity index (χ0n) is 20.1. The number of aromatic nitrogens is 5. The molecule has 2 amide bonds. The van der Waals surface area contributed by atoms with E-state index in [0.717, 1.165) is 29.1 Å². The molecule has 0 spiro atoms. The first-order valence-electron chi connectivity index (χ1n) is 11.8. The van der Waals surface area contributed by atoms with Gasteiger partial charge in [-0.25, -0.2) is 4.98 Å². The van der Waals surface area contributed by atoms with Crippen molar-refractivity contribution in [2.45, 2.75) is 36.2 Å². The number of para-hydroxylation sites is 2. The average Bonchev–Trinajstić information content (AvgIpc) is 3.53. The van der Waals surface area contributed by atoms with Crippen LogP contribution in [0.3, 0.4) is 0 Å². The van der Waals surface area contributed by atoms with E-state index in [4.69, 9.17) is 4.74 Å². The molecule has 190 valence electrons. The number of thioether (sulfide) groups is 1. The van der Waals surface area contributed by atoms with E-state index in [1.165, 1.54) is 23.1 Å². The van der Waals surface area contributed by atoms with Gasteiger partial charge in [-0.15, -0.1) is 21.5 Å². The summed E-state index contributed by atoms with van der Waals surface area (Å²) in [6.45, 7) is 0.644. The van der Waals surface area contributed by atoms with Gasteiger partial charge in [0.15, 0.2) is 11.0 Å². The highest BCUT2D eigenvalue weighted by molar-refractivity contribution is 7.98. The molecule has 4 heterocycles. The molecule has 4 aromatic rings. The molecule has 0 bridgehead atoms. The second-order valence-corrected chi connectivity index (χ2v) is 10.2. The van der Waals surface area contributed by atoms with Crippen molar-refractivity contribution in [3.8, 4) is 22.8 Å². The number of benzene rings is 1. The number of methoxy groups -OCH3 is 1. The van der Waals surface area contributed by atoms with E-state index < -0.39 is 6.04 Å². The summed E-state index contributed by atoms with van der Waals surface area (Å²) < 4.78 is 7.54. The number of rotatable bonds is 8. The smallest absolute Gasteiger partial charge is 0.271 e. The summed E-state index contributed by atoms with van der Waals surface area (Å²) in [7, 11) is 1.63. The Kier molecular flexibility index (Phi) is 7.76. The van der Waals surface area contributed by atoms with Gasteiger partial charge in [0.1, 0.15) is 22.5 Å². The Morgan fingerprint density at radius 2 is 2.14 bits per heavy atom. The second kappa shape index (κ2) is 11.5. The minimum Gasteiger partial charge on any atom is -0.495 e. The molecule has 37 heavy (non-hydrogen) atoms. The maximum atomic E-state index is 12.7. The third-order valence-corrected chi connectivity index (χ3v) is 7.80. The van der Waals surface area contributed by atoms with E-state index in [9.17, 15) is 9.59 Å². The molecule has 1 aliphatic rings. The summed E-state index contributed by atoms with van der Waals surface area (Å²) in [6, 6.07) is 10.9. The van der Waals surface area contributed by atoms with Crippen molar-refractivity contribution in [2.24, 2.45) is 0 Å². The fourth-order valence-corrected chi connectivity index (χ4v) is 5.73. The molecule has 12 heteroatoms. The van der Waals surface area contributed by atoms with Crippen LogP contribution in [0, 0.1) is 0 Å². The number of thiazole rings is 1. The third kappa shape index (κ3) is 5.65. The number of hydrogen-bond donors (Lipinski definition) is 2. The molecule has 3 aromatic heterocycles. The number of amides is 2. The van der Waals surface area contributed by atoms with Crippen LogP contribution in [-0.2, 0) is 10.5 Å².